The van der Waals surface area contributed by atoms with E-state index in [4.69, 9.17) is 9.47 Å². The van der Waals surface area contributed by atoms with Crippen LogP contribution in [0.15, 0.2) is 18.3 Å². The van der Waals surface area contributed by atoms with Crippen LogP contribution in [0.2, 0.25) is 0 Å². The number of pyridine rings is 1. The van der Waals surface area contributed by atoms with Gasteiger partial charge in [-0.1, -0.05) is 0 Å². The summed E-state index contributed by atoms with van der Waals surface area (Å²) in [5.74, 6) is 0.770. The first-order valence-electron chi connectivity index (χ1n) is 4.50. The Morgan fingerprint density at radius 3 is 2.31 bits per heavy atom. The summed E-state index contributed by atoms with van der Waals surface area (Å²) in [4.78, 5) is 4.09. The maximum Gasteiger partial charge on any atom is 0.379 e. The summed E-state index contributed by atoms with van der Waals surface area (Å²) < 4.78 is 39.4. The van der Waals surface area contributed by atoms with Gasteiger partial charge < -0.3 is 9.47 Å². The Hall–Kier alpha value is -1.30. The number of aromatic nitrogens is 1. The van der Waals surface area contributed by atoms with Crippen LogP contribution >= 0.6 is 0 Å². The fraction of sp³-hybridized carbons (Fsp3) is 0.500. The van der Waals surface area contributed by atoms with Crippen LogP contribution in [0, 0.1) is 6.92 Å². The van der Waals surface area contributed by atoms with Crippen LogP contribution in [0.4, 0.5) is 13.2 Å². The molecule has 1 aromatic heterocycles. The topological polar surface area (TPSA) is 31.4 Å². The van der Waals surface area contributed by atoms with Crippen LogP contribution in [0.1, 0.15) is 12.6 Å². The van der Waals surface area contributed by atoms with E-state index in [9.17, 15) is 13.2 Å². The third kappa shape index (κ3) is 7.05. The lowest BCUT2D eigenvalue weighted by Gasteiger charge is -2.13. The number of ether oxygens (including phenoxy) is 2. The minimum Gasteiger partial charge on any atom is -0.463 e. The minimum absolute atomic E-state index is 0.229. The monoisotopic (exact) mass is 237 g/mol. The van der Waals surface area contributed by atoms with Crippen molar-refractivity contribution >= 4 is 0 Å². The quantitative estimate of drug-likeness (QED) is 0.757. The highest BCUT2D eigenvalue weighted by atomic mass is 19.4. The largest absolute Gasteiger partial charge is 0.463 e. The molecule has 1 unspecified atom stereocenters. The second-order valence-electron chi connectivity index (χ2n) is 2.76. The van der Waals surface area contributed by atoms with Gasteiger partial charge in [-0.25, -0.2) is 0 Å². The van der Waals surface area contributed by atoms with E-state index in [2.05, 4.69) is 4.98 Å². The van der Waals surface area contributed by atoms with E-state index in [0.717, 1.165) is 11.4 Å². The SMILES string of the molecule is COC(C)Oc1cccnc1C.FC(F)F. The smallest absolute Gasteiger partial charge is 0.379 e. The highest BCUT2D eigenvalue weighted by Gasteiger charge is 2.03. The van der Waals surface area contributed by atoms with Gasteiger partial charge in [-0.05, 0) is 26.0 Å². The van der Waals surface area contributed by atoms with Crippen LogP contribution in [-0.4, -0.2) is 25.1 Å². The number of alkyl halides is 3. The molecule has 1 rings (SSSR count). The maximum absolute atomic E-state index is 9.67. The van der Waals surface area contributed by atoms with Crippen molar-refractivity contribution in [3.8, 4) is 5.75 Å². The highest BCUT2D eigenvalue weighted by molar-refractivity contribution is 5.25. The summed E-state index contributed by atoms with van der Waals surface area (Å²) in [6, 6.07) is 3.71. The fourth-order valence-corrected chi connectivity index (χ4v) is 0.821. The van der Waals surface area contributed by atoms with Gasteiger partial charge in [0.05, 0.1) is 5.69 Å². The first-order chi connectivity index (χ1) is 7.47. The molecule has 0 bridgehead atoms. The van der Waals surface area contributed by atoms with Crippen molar-refractivity contribution in [2.75, 3.05) is 7.11 Å². The number of rotatable bonds is 3. The van der Waals surface area contributed by atoms with E-state index in [0.29, 0.717) is 0 Å². The van der Waals surface area contributed by atoms with Gasteiger partial charge in [-0.15, -0.1) is 0 Å². The normalized spacial score (nSPS) is 11.7. The molecule has 6 heteroatoms. The Balaban J connectivity index is 0.000000487. The molecule has 0 saturated carbocycles. The van der Waals surface area contributed by atoms with E-state index in [1.165, 1.54) is 0 Å². The molecular weight excluding hydrogens is 223 g/mol. The van der Waals surface area contributed by atoms with Crippen molar-refractivity contribution < 1.29 is 22.6 Å². The third-order valence-electron chi connectivity index (χ3n) is 1.58. The summed E-state index contributed by atoms with van der Waals surface area (Å²) in [5, 5.41) is 0. The molecule has 0 aromatic carbocycles. The van der Waals surface area contributed by atoms with E-state index in [1.54, 1.807) is 13.3 Å². The van der Waals surface area contributed by atoms with Crippen LogP contribution in [-0.2, 0) is 4.74 Å². The molecule has 0 radical (unpaired) electrons. The molecule has 1 heterocycles. The Morgan fingerprint density at radius 1 is 1.31 bits per heavy atom. The molecule has 1 aromatic rings. The molecule has 0 aliphatic rings. The molecule has 16 heavy (non-hydrogen) atoms. The molecule has 0 aliphatic heterocycles. The van der Waals surface area contributed by atoms with E-state index < -0.39 is 6.68 Å². The van der Waals surface area contributed by atoms with Crippen molar-refractivity contribution in [2.24, 2.45) is 0 Å². The maximum atomic E-state index is 9.67. The molecule has 0 saturated heterocycles. The second-order valence-corrected chi connectivity index (χ2v) is 2.76. The molecule has 0 aliphatic carbocycles. The fourth-order valence-electron chi connectivity index (χ4n) is 0.821. The van der Waals surface area contributed by atoms with Crippen LogP contribution in [0.3, 0.4) is 0 Å². The van der Waals surface area contributed by atoms with Gasteiger partial charge in [-0.2, -0.15) is 13.2 Å². The van der Waals surface area contributed by atoms with Gasteiger partial charge in [0.25, 0.3) is 0 Å². The number of hydrogen-bond donors (Lipinski definition) is 0. The molecule has 0 N–H and O–H groups in total. The Bertz CT molecular complexity index is 294. The average Bonchev–Trinajstić information content (AvgIpc) is 2.20. The summed E-state index contributed by atoms with van der Waals surface area (Å²) in [6.45, 7) is 0.0736. The van der Waals surface area contributed by atoms with Gasteiger partial charge in [0, 0.05) is 13.3 Å². The molecular formula is C10H14F3NO2. The van der Waals surface area contributed by atoms with Gasteiger partial charge in [0.1, 0.15) is 5.75 Å². The lowest BCUT2D eigenvalue weighted by Crippen LogP contribution is -2.14. The Labute approximate surface area is 92.2 Å². The number of aryl methyl sites for hydroxylation is 1. The first-order valence-corrected chi connectivity index (χ1v) is 4.50. The average molecular weight is 237 g/mol. The minimum atomic E-state index is -3.67. The zero-order valence-corrected chi connectivity index (χ0v) is 9.28. The Kier molecular flexibility index (Phi) is 7.28. The molecule has 0 fully saturated rings. The number of hydrogen-bond acceptors (Lipinski definition) is 3. The predicted molar refractivity (Wildman–Crippen MR) is 53.2 cm³/mol. The van der Waals surface area contributed by atoms with Crippen LogP contribution in [0.25, 0.3) is 0 Å². The summed E-state index contributed by atoms with van der Waals surface area (Å²) >= 11 is 0. The zero-order chi connectivity index (χ0) is 12.6. The Morgan fingerprint density at radius 2 is 1.88 bits per heavy atom. The van der Waals surface area contributed by atoms with Crippen molar-refractivity contribution in [1.82, 2.24) is 4.98 Å². The van der Waals surface area contributed by atoms with Gasteiger partial charge in [0.2, 0.25) is 0 Å². The first kappa shape index (κ1) is 14.7. The molecule has 92 valence electrons. The predicted octanol–water partition coefficient (Wildman–Crippen LogP) is 2.94. The number of nitrogens with zero attached hydrogens (tertiary/aromatic N) is 1. The lowest BCUT2D eigenvalue weighted by molar-refractivity contribution is -0.0389. The summed E-state index contributed by atoms with van der Waals surface area (Å²) in [5.41, 5.74) is 0.876. The van der Waals surface area contributed by atoms with Crippen molar-refractivity contribution in [3.05, 3.63) is 24.0 Å². The van der Waals surface area contributed by atoms with Crippen LogP contribution < -0.4 is 4.74 Å². The van der Waals surface area contributed by atoms with Crippen molar-refractivity contribution in [2.45, 2.75) is 26.8 Å². The molecule has 3 nitrogen and oxygen atoms in total. The number of halogens is 3. The van der Waals surface area contributed by atoms with Gasteiger partial charge in [0.15, 0.2) is 6.29 Å². The molecule has 0 spiro atoms. The third-order valence-corrected chi connectivity index (χ3v) is 1.58. The van der Waals surface area contributed by atoms with E-state index >= 15 is 0 Å². The van der Waals surface area contributed by atoms with Crippen LogP contribution in [0.5, 0.6) is 5.75 Å². The standard InChI is InChI=1S/C9H13NO2.CHF3/c1-7-9(5-4-6-10-7)12-8(2)11-3;2-1(3)4/h4-6,8H,1-3H3;1H. The van der Waals surface area contributed by atoms with E-state index in [-0.39, 0.29) is 6.29 Å². The molecule has 0 amide bonds. The number of methoxy groups -OCH3 is 1. The molecule has 1 atom stereocenters. The van der Waals surface area contributed by atoms with Gasteiger partial charge in [-0.3, -0.25) is 4.98 Å². The highest BCUT2D eigenvalue weighted by Crippen LogP contribution is 2.15. The lowest BCUT2D eigenvalue weighted by atomic mass is 10.3. The summed E-state index contributed by atoms with van der Waals surface area (Å²) in [6.07, 6.45) is 1.51. The van der Waals surface area contributed by atoms with E-state index in [1.807, 2.05) is 26.0 Å². The second kappa shape index (κ2) is 7.92. The van der Waals surface area contributed by atoms with Gasteiger partial charge >= 0.3 is 6.68 Å². The van der Waals surface area contributed by atoms with Crippen molar-refractivity contribution in [3.63, 3.8) is 0 Å². The van der Waals surface area contributed by atoms with Crippen molar-refractivity contribution in [1.29, 1.82) is 0 Å². The zero-order valence-electron chi connectivity index (χ0n) is 9.28. The summed E-state index contributed by atoms with van der Waals surface area (Å²) in [7, 11) is 1.61.